The van der Waals surface area contributed by atoms with Gasteiger partial charge in [-0.25, -0.2) is 0 Å². The van der Waals surface area contributed by atoms with E-state index in [1.165, 1.54) is 10.5 Å². The molecule has 2 heterocycles. The Morgan fingerprint density at radius 1 is 1.00 bits per heavy atom. The van der Waals surface area contributed by atoms with Gasteiger partial charge in [-0.2, -0.15) is 0 Å². The molecule has 1 amide bonds. The number of likely N-dealkylation sites (tertiary alicyclic amines) is 1. The van der Waals surface area contributed by atoms with Crippen molar-refractivity contribution in [1.82, 2.24) is 9.88 Å². The van der Waals surface area contributed by atoms with E-state index in [-0.39, 0.29) is 11.9 Å². The molecule has 1 aliphatic heterocycles. The van der Waals surface area contributed by atoms with Gasteiger partial charge in [0.2, 0.25) is 0 Å². The molecular formula is C22H24N3O+. The zero-order valence-electron chi connectivity index (χ0n) is 14.8. The van der Waals surface area contributed by atoms with Crippen molar-refractivity contribution in [3.63, 3.8) is 0 Å². The lowest BCUT2D eigenvalue weighted by molar-refractivity contribution is -0.901. The van der Waals surface area contributed by atoms with Crippen LogP contribution in [0.15, 0.2) is 79.1 Å². The van der Waals surface area contributed by atoms with E-state index in [0.29, 0.717) is 0 Å². The second kappa shape index (κ2) is 7.58. The summed E-state index contributed by atoms with van der Waals surface area (Å²) in [5.41, 5.74) is 3.14. The number of nitrogens with one attached hydrogen (secondary N) is 2. The summed E-state index contributed by atoms with van der Waals surface area (Å²) >= 11 is 0. The van der Waals surface area contributed by atoms with Gasteiger partial charge in [0.05, 0.1) is 19.1 Å². The number of aromatic nitrogens is 1. The van der Waals surface area contributed by atoms with Crippen LogP contribution in [0, 0.1) is 0 Å². The molecule has 0 radical (unpaired) electrons. The minimum absolute atomic E-state index is 0.0232. The van der Waals surface area contributed by atoms with Crippen molar-refractivity contribution in [2.45, 2.75) is 19.0 Å². The second-order valence-electron chi connectivity index (χ2n) is 6.96. The first-order chi connectivity index (χ1) is 12.8. The van der Waals surface area contributed by atoms with Crippen LogP contribution in [0.3, 0.4) is 0 Å². The first-order valence-corrected chi connectivity index (χ1v) is 9.20. The fourth-order valence-electron chi connectivity index (χ4n) is 3.66. The van der Waals surface area contributed by atoms with Crippen molar-refractivity contribution in [3.8, 4) is 5.69 Å². The minimum Gasteiger partial charge on any atom is -0.343 e. The van der Waals surface area contributed by atoms with Crippen molar-refractivity contribution in [2.24, 2.45) is 0 Å². The van der Waals surface area contributed by atoms with Crippen molar-refractivity contribution in [1.29, 1.82) is 0 Å². The number of carbonyl (C=O) groups is 1. The monoisotopic (exact) mass is 346 g/mol. The Balaban J connectivity index is 1.32. The topological polar surface area (TPSA) is 38.5 Å². The highest BCUT2D eigenvalue weighted by Gasteiger charge is 2.27. The van der Waals surface area contributed by atoms with Gasteiger partial charge in [-0.05, 0) is 36.4 Å². The molecule has 1 unspecified atom stereocenters. The predicted octanol–water partition coefficient (Wildman–Crippen LogP) is 2.06. The van der Waals surface area contributed by atoms with E-state index in [9.17, 15) is 4.79 Å². The molecule has 1 aliphatic rings. The Hall–Kier alpha value is -2.85. The van der Waals surface area contributed by atoms with Crippen LogP contribution in [0.2, 0.25) is 0 Å². The van der Waals surface area contributed by atoms with Crippen LogP contribution < -0.4 is 10.2 Å². The lowest BCUT2D eigenvalue weighted by Gasteiger charge is -2.14. The molecule has 4 rings (SSSR count). The Morgan fingerprint density at radius 2 is 1.73 bits per heavy atom. The van der Waals surface area contributed by atoms with Gasteiger partial charge >= 0.3 is 0 Å². The van der Waals surface area contributed by atoms with Gasteiger partial charge in [0.15, 0.2) is 0 Å². The number of hydrogen-bond donors (Lipinski definition) is 2. The molecule has 132 valence electrons. The van der Waals surface area contributed by atoms with Crippen molar-refractivity contribution >= 4 is 5.91 Å². The summed E-state index contributed by atoms with van der Waals surface area (Å²) in [6, 6.07) is 22.6. The maximum absolute atomic E-state index is 12.5. The summed E-state index contributed by atoms with van der Waals surface area (Å²) < 4.78 is 2.03. The van der Waals surface area contributed by atoms with E-state index in [2.05, 4.69) is 29.6 Å². The average Bonchev–Trinajstić information content (AvgIpc) is 3.35. The van der Waals surface area contributed by atoms with Crippen LogP contribution in [-0.2, 0) is 6.54 Å². The first-order valence-electron chi connectivity index (χ1n) is 9.20. The number of rotatable bonds is 5. The molecule has 0 aliphatic carbocycles. The zero-order chi connectivity index (χ0) is 17.8. The van der Waals surface area contributed by atoms with Gasteiger partial charge in [-0.1, -0.05) is 30.3 Å². The molecule has 0 spiro atoms. The summed E-state index contributed by atoms with van der Waals surface area (Å²) in [6.45, 7) is 3.12. The van der Waals surface area contributed by atoms with E-state index in [1.807, 2.05) is 59.4 Å². The van der Waals surface area contributed by atoms with Crippen LogP contribution in [-0.4, -0.2) is 29.6 Å². The fourth-order valence-corrected chi connectivity index (χ4v) is 3.66. The molecule has 4 nitrogen and oxygen atoms in total. The molecule has 3 aromatic rings. The standard InChI is InChI=1S/C22H23N3O/c26-22(19-8-10-21(11-9-19)25-13-4-5-14-25)23-20-12-15-24(17-20)16-18-6-2-1-3-7-18/h1-11,13-14,20H,12,15-17H2,(H,23,26)/p+1/t20-/m1/s1. The molecular weight excluding hydrogens is 322 g/mol. The van der Waals surface area contributed by atoms with Crippen LogP contribution in [0.25, 0.3) is 5.69 Å². The summed E-state index contributed by atoms with van der Waals surface area (Å²) in [5, 5.41) is 3.20. The number of quaternary nitrogens is 1. The molecule has 0 bridgehead atoms. The molecule has 0 saturated carbocycles. The van der Waals surface area contributed by atoms with E-state index in [0.717, 1.165) is 37.3 Å². The Kier molecular flexibility index (Phi) is 4.84. The maximum atomic E-state index is 12.5. The first kappa shape index (κ1) is 16.6. The van der Waals surface area contributed by atoms with E-state index in [1.54, 1.807) is 0 Å². The summed E-state index contributed by atoms with van der Waals surface area (Å²) in [4.78, 5) is 14.1. The van der Waals surface area contributed by atoms with Crippen LogP contribution >= 0.6 is 0 Å². The quantitative estimate of drug-likeness (QED) is 0.729. The van der Waals surface area contributed by atoms with Gasteiger partial charge in [-0.15, -0.1) is 0 Å². The average molecular weight is 346 g/mol. The number of amides is 1. The number of carbonyl (C=O) groups excluding carboxylic acids is 1. The van der Waals surface area contributed by atoms with Gasteiger partial charge < -0.3 is 14.8 Å². The highest BCUT2D eigenvalue weighted by molar-refractivity contribution is 5.94. The third-order valence-electron chi connectivity index (χ3n) is 5.05. The van der Waals surface area contributed by atoms with Gasteiger partial charge in [0, 0.05) is 35.6 Å². The lowest BCUT2D eigenvalue weighted by atomic mass is 10.1. The molecule has 1 fully saturated rings. The summed E-state index contributed by atoms with van der Waals surface area (Å²) in [6.07, 6.45) is 5.03. The summed E-state index contributed by atoms with van der Waals surface area (Å²) in [5.74, 6) is 0.0232. The third-order valence-corrected chi connectivity index (χ3v) is 5.05. The zero-order valence-corrected chi connectivity index (χ0v) is 14.8. The van der Waals surface area contributed by atoms with E-state index < -0.39 is 0 Å². The van der Waals surface area contributed by atoms with Gasteiger partial charge in [0.1, 0.15) is 6.54 Å². The largest absolute Gasteiger partial charge is 0.343 e. The van der Waals surface area contributed by atoms with Crippen LogP contribution in [0.4, 0.5) is 0 Å². The Labute approximate surface area is 154 Å². The molecule has 2 N–H and O–H groups in total. The number of nitrogens with zero attached hydrogens (tertiary/aromatic N) is 1. The van der Waals surface area contributed by atoms with Crippen LogP contribution in [0.1, 0.15) is 22.3 Å². The van der Waals surface area contributed by atoms with E-state index in [4.69, 9.17) is 0 Å². The highest BCUT2D eigenvalue weighted by Crippen LogP contribution is 2.10. The van der Waals surface area contributed by atoms with Gasteiger partial charge in [-0.3, -0.25) is 4.79 Å². The highest BCUT2D eigenvalue weighted by atomic mass is 16.1. The summed E-state index contributed by atoms with van der Waals surface area (Å²) in [7, 11) is 0. The number of hydrogen-bond acceptors (Lipinski definition) is 1. The molecule has 1 aromatic heterocycles. The Morgan fingerprint density at radius 3 is 2.46 bits per heavy atom. The maximum Gasteiger partial charge on any atom is 0.251 e. The third kappa shape index (κ3) is 3.86. The number of benzene rings is 2. The second-order valence-corrected chi connectivity index (χ2v) is 6.96. The SMILES string of the molecule is O=C(N[C@@H]1CC[NH+](Cc2ccccc2)C1)c1ccc(-n2cccc2)cc1. The lowest BCUT2D eigenvalue weighted by Crippen LogP contribution is -3.09. The smallest absolute Gasteiger partial charge is 0.251 e. The molecule has 4 heteroatoms. The van der Waals surface area contributed by atoms with E-state index >= 15 is 0 Å². The molecule has 1 saturated heterocycles. The van der Waals surface area contributed by atoms with Crippen molar-refractivity contribution in [2.75, 3.05) is 13.1 Å². The molecule has 2 atom stereocenters. The van der Waals surface area contributed by atoms with Crippen LogP contribution in [0.5, 0.6) is 0 Å². The van der Waals surface area contributed by atoms with Crippen molar-refractivity contribution in [3.05, 3.63) is 90.3 Å². The predicted molar refractivity (Wildman–Crippen MR) is 102 cm³/mol. The van der Waals surface area contributed by atoms with Gasteiger partial charge in [0.25, 0.3) is 5.91 Å². The fraction of sp³-hybridized carbons (Fsp3) is 0.227. The molecule has 26 heavy (non-hydrogen) atoms. The Bertz CT molecular complexity index is 841. The normalized spacial score (nSPS) is 19.4. The van der Waals surface area contributed by atoms with Crippen molar-refractivity contribution < 1.29 is 9.69 Å². The molecule has 2 aromatic carbocycles. The minimum atomic E-state index is 0.0232.